The molecule has 0 radical (unpaired) electrons. The first-order valence-electron chi connectivity index (χ1n) is 5.98. The molecule has 5 nitrogen and oxygen atoms in total. The molecule has 1 aromatic carbocycles. The molecular weight excluding hydrogens is 276 g/mol. The minimum absolute atomic E-state index is 0.321. The van der Waals surface area contributed by atoms with Crippen LogP contribution in [0.1, 0.15) is 16.1 Å². The predicted octanol–water partition coefficient (Wildman–Crippen LogP) is 3.15. The molecule has 6 heteroatoms. The fraction of sp³-hybridized carbons (Fsp3) is 0.143. The number of rotatable bonds is 5. The van der Waals surface area contributed by atoms with Crippen molar-refractivity contribution in [3.8, 4) is 11.6 Å². The van der Waals surface area contributed by atoms with Crippen molar-refractivity contribution in [2.75, 3.05) is 7.11 Å². The molecule has 3 aromatic rings. The number of hydrogen-bond donors (Lipinski definition) is 0. The zero-order chi connectivity index (χ0) is 13.9. The van der Waals surface area contributed by atoms with Gasteiger partial charge in [-0.3, -0.25) is 9.20 Å². The van der Waals surface area contributed by atoms with Crippen molar-refractivity contribution in [3.05, 3.63) is 47.1 Å². The third kappa shape index (κ3) is 2.31. The van der Waals surface area contributed by atoms with Gasteiger partial charge in [0.1, 0.15) is 5.75 Å². The van der Waals surface area contributed by atoms with E-state index in [0.717, 1.165) is 16.8 Å². The van der Waals surface area contributed by atoms with Crippen LogP contribution in [0.25, 0.3) is 4.96 Å². The maximum absolute atomic E-state index is 11.2. The van der Waals surface area contributed by atoms with E-state index in [1.807, 2.05) is 29.6 Å². The monoisotopic (exact) mass is 288 g/mol. The van der Waals surface area contributed by atoms with Gasteiger partial charge in [0.25, 0.3) is 0 Å². The van der Waals surface area contributed by atoms with Crippen LogP contribution in [-0.4, -0.2) is 22.8 Å². The van der Waals surface area contributed by atoms with E-state index in [1.54, 1.807) is 17.7 Å². The van der Waals surface area contributed by atoms with Crippen molar-refractivity contribution in [2.45, 2.75) is 6.61 Å². The summed E-state index contributed by atoms with van der Waals surface area (Å²) in [5.41, 5.74) is 1.41. The Balaban J connectivity index is 1.94. The number of imidazole rings is 1. The fourth-order valence-electron chi connectivity index (χ4n) is 1.94. The molecule has 0 aliphatic carbocycles. The number of aromatic nitrogens is 2. The van der Waals surface area contributed by atoms with Gasteiger partial charge >= 0.3 is 0 Å². The second-order valence-corrected chi connectivity index (χ2v) is 5.03. The largest absolute Gasteiger partial charge is 0.437 e. The van der Waals surface area contributed by atoms with Crippen LogP contribution in [0.2, 0.25) is 0 Å². The highest BCUT2D eigenvalue weighted by atomic mass is 32.1. The smallest absolute Gasteiger partial charge is 0.250 e. The van der Waals surface area contributed by atoms with E-state index >= 15 is 0 Å². The van der Waals surface area contributed by atoms with Crippen LogP contribution in [0.5, 0.6) is 11.6 Å². The van der Waals surface area contributed by atoms with Crippen molar-refractivity contribution in [3.63, 3.8) is 0 Å². The van der Waals surface area contributed by atoms with Gasteiger partial charge in [0.2, 0.25) is 5.88 Å². The van der Waals surface area contributed by atoms with E-state index in [9.17, 15) is 4.79 Å². The number of aldehydes is 1. The summed E-state index contributed by atoms with van der Waals surface area (Å²) in [5.74, 6) is 0.954. The number of fused-ring (bicyclic) bond motifs is 1. The van der Waals surface area contributed by atoms with Gasteiger partial charge in [-0.2, -0.15) is 4.98 Å². The molecule has 3 rings (SSSR count). The number of benzene rings is 1. The maximum atomic E-state index is 11.2. The van der Waals surface area contributed by atoms with Crippen LogP contribution in [0.3, 0.4) is 0 Å². The van der Waals surface area contributed by atoms with E-state index in [2.05, 4.69) is 4.98 Å². The van der Waals surface area contributed by atoms with Gasteiger partial charge in [-0.1, -0.05) is 12.1 Å². The zero-order valence-electron chi connectivity index (χ0n) is 10.8. The van der Waals surface area contributed by atoms with Crippen LogP contribution in [0, 0.1) is 0 Å². The zero-order valence-corrected chi connectivity index (χ0v) is 11.6. The number of carbonyl (C=O) groups excluding carboxylic acids is 1. The first-order chi connectivity index (χ1) is 9.81. The molecule has 0 fully saturated rings. The van der Waals surface area contributed by atoms with Gasteiger partial charge < -0.3 is 9.47 Å². The van der Waals surface area contributed by atoms with E-state index in [4.69, 9.17) is 9.47 Å². The van der Waals surface area contributed by atoms with Gasteiger partial charge in [0.05, 0.1) is 6.61 Å². The van der Waals surface area contributed by atoms with Crippen LogP contribution in [0.15, 0.2) is 35.8 Å². The Bertz CT molecular complexity index is 748. The molecule has 0 saturated carbocycles. The minimum Gasteiger partial charge on any atom is -0.437 e. The highest BCUT2D eigenvalue weighted by molar-refractivity contribution is 7.15. The molecule has 0 atom stereocenters. The molecule has 102 valence electrons. The average molecular weight is 288 g/mol. The summed E-state index contributed by atoms with van der Waals surface area (Å²) in [6.45, 7) is 0.510. The van der Waals surface area contributed by atoms with Crippen molar-refractivity contribution in [1.82, 2.24) is 9.38 Å². The number of carbonyl (C=O) groups is 1. The highest BCUT2D eigenvalue weighted by Gasteiger charge is 2.14. The molecule has 0 N–H and O–H groups in total. The molecule has 0 amide bonds. The molecule has 20 heavy (non-hydrogen) atoms. The van der Waals surface area contributed by atoms with Gasteiger partial charge in [-0.15, -0.1) is 11.3 Å². The number of methoxy groups -OCH3 is 1. The molecule has 0 spiro atoms. The lowest BCUT2D eigenvalue weighted by molar-refractivity contribution is 0.111. The Hall–Kier alpha value is -2.18. The van der Waals surface area contributed by atoms with Crippen LogP contribution in [0.4, 0.5) is 0 Å². The lowest BCUT2D eigenvalue weighted by atomic mass is 10.2. The van der Waals surface area contributed by atoms with Crippen LogP contribution in [-0.2, 0) is 11.3 Å². The average Bonchev–Trinajstić information content (AvgIpc) is 3.00. The van der Waals surface area contributed by atoms with Crippen LogP contribution < -0.4 is 4.74 Å². The molecule has 0 aliphatic heterocycles. The number of ether oxygens (including phenoxy) is 2. The van der Waals surface area contributed by atoms with Crippen molar-refractivity contribution in [2.24, 2.45) is 0 Å². The quantitative estimate of drug-likeness (QED) is 0.677. The molecule has 0 saturated heterocycles. The standard InChI is InChI=1S/C14H12N2O3S/c1-18-9-10-3-2-4-11(7-10)19-13-12(8-17)16-5-6-20-14(16)15-13/h2-8H,9H2,1H3. The third-order valence-corrected chi connectivity index (χ3v) is 3.56. The lowest BCUT2D eigenvalue weighted by Gasteiger charge is -2.05. The Labute approximate surface area is 119 Å². The summed E-state index contributed by atoms with van der Waals surface area (Å²) >= 11 is 1.45. The van der Waals surface area contributed by atoms with E-state index in [0.29, 0.717) is 23.9 Å². The normalized spacial score (nSPS) is 10.8. The van der Waals surface area contributed by atoms with Gasteiger partial charge in [-0.25, -0.2) is 0 Å². The topological polar surface area (TPSA) is 52.8 Å². The van der Waals surface area contributed by atoms with Crippen molar-refractivity contribution in [1.29, 1.82) is 0 Å². The Morgan fingerprint density at radius 3 is 3.15 bits per heavy atom. The maximum Gasteiger partial charge on any atom is 0.250 e. The Kier molecular flexibility index (Phi) is 3.49. The fourth-order valence-corrected chi connectivity index (χ4v) is 2.66. The molecular formula is C14H12N2O3S. The summed E-state index contributed by atoms with van der Waals surface area (Å²) in [6.07, 6.45) is 2.55. The second kappa shape index (κ2) is 5.44. The molecule has 0 bridgehead atoms. The van der Waals surface area contributed by atoms with Crippen LogP contribution >= 0.6 is 11.3 Å². The highest BCUT2D eigenvalue weighted by Crippen LogP contribution is 2.27. The van der Waals surface area contributed by atoms with Gasteiger partial charge in [0, 0.05) is 18.7 Å². The van der Waals surface area contributed by atoms with E-state index in [-0.39, 0.29) is 0 Å². The summed E-state index contributed by atoms with van der Waals surface area (Å²) in [4.78, 5) is 16.2. The number of thiazole rings is 1. The molecule has 2 aromatic heterocycles. The van der Waals surface area contributed by atoms with Gasteiger partial charge in [0.15, 0.2) is 16.9 Å². The summed E-state index contributed by atoms with van der Waals surface area (Å²) in [5, 5.41) is 1.87. The van der Waals surface area contributed by atoms with Crippen molar-refractivity contribution < 1.29 is 14.3 Å². The second-order valence-electron chi connectivity index (χ2n) is 4.16. The SMILES string of the molecule is COCc1cccc(Oc2nc3sccn3c2C=O)c1. The molecule has 0 aliphatic rings. The Morgan fingerprint density at radius 1 is 1.45 bits per heavy atom. The minimum atomic E-state index is 0.321. The lowest BCUT2D eigenvalue weighted by Crippen LogP contribution is -1.93. The van der Waals surface area contributed by atoms with E-state index < -0.39 is 0 Å². The molecule has 2 heterocycles. The number of nitrogens with zero attached hydrogens (tertiary/aromatic N) is 2. The Morgan fingerprint density at radius 2 is 2.35 bits per heavy atom. The number of hydrogen-bond acceptors (Lipinski definition) is 5. The first-order valence-corrected chi connectivity index (χ1v) is 6.86. The first kappa shape index (κ1) is 12.8. The van der Waals surface area contributed by atoms with Crippen molar-refractivity contribution >= 4 is 22.6 Å². The third-order valence-electron chi connectivity index (χ3n) is 2.80. The van der Waals surface area contributed by atoms with E-state index in [1.165, 1.54) is 11.3 Å². The van der Waals surface area contributed by atoms with Gasteiger partial charge in [-0.05, 0) is 17.7 Å². The summed E-state index contributed by atoms with van der Waals surface area (Å²) < 4.78 is 12.5. The molecule has 0 unspecified atom stereocenters. The summed E-state index contributed by atoms with van der Waals surface area (Å²) in [7, 11) is 1.64. The summed E-state index contributed by atoms with van der Waals surface area (Å²) in [6, 6.07) is 7.51. The predicted molar refractivity (Wildman–Crippen MR) is 75.7 cm³/mol.